The fourth-order valence-electron chi connectivity index (χ4n) is 2.39. The van der Waals surface area contributed by atoms with Crippen molar-refractivity contribution in [3.05, 3.63) is 59.7 Å². The number of methoxy groups -OCH3 is 1. The lowest BCUT2D eigenvalue weighted by atomic mass is 10.1. The first-order valence-electron chi connectivity index (χ1n) is 8.95. The molecule has 0 spiro atoms. The van der Waals surface area contributed by atoms with Gasteiger partial charge in [0, 0.05) is 24.6 Å². The highest BCUT2D eigenvalue weighted by atomic mass is 16.5. The topological polar surface area (TPSA) is 47.6 Å². The van der Waals surface area contributed by atoms with Gasteiger partial charge < -0.3 is 14.8 Å². The van der Waals surface area contributed by atoms with Crippen molar-refractivity contribution < 1.29 is 14.3 Å². The highest BCUT2D eigenvalue weighted by Gasteiger charge is 2.05. The minimum Gasteiger partial charge on any atom is -0.493 e. The van der Waals surface area contributed by atoms with Gasteiger partial charge in [0.05, 0.1) is 13.7 Å². The minimum atomic E-state index is -0.182. The highest BCUT2D eigenvalue weighted by molar-refractivity contribution is 6.02. The molecule has 2 aromatic carbocycles. The van der Waals surface area contributed by atoms with Gasteiger partial charge in [-0.15, -0.1) is 5.92 Å². The molecule has 4 nitrogen and oxygen atoms in total. The summed E-state index contributed by atoms with van der Waals surface area (Å²) in [4.78, 5) is 12.1. The van der Waals surface area contributed by atoms with E-state index in [4.69, 9.17) is 9.47 Å². The van der Waals surface area contributed by atoms with Crippen molar-refractivity contribution in [1.82, 2.24) is 0 Å². The number of carbonyl (C=O) groups excluding carboxylic acids is 1. The molecule has 0 unspecified atom stereocenters. The van der Waals surface area contributed by atoms with E-state index in [2.05, 4.69) is 17.2 Å². The summed E-state index contributed by atoms with van der Waals surface area (Å²) in [7, 11) is 1.59. The molecule has 0 radical (unpaired) electrons. The molecule has 0 atom stereocenters. The quantitative estimate of drug-likeness (QED) is 0.435. The molecular weight excluding hydrogens is 338 g/mol. The number of nitrogens with one attached hydrogen (secondary N) is 1. The van der Waals surface area contributed by atoms with Crippen molar-refractivity contribution in [2.24, 2.45) is 0 Å². The number of para-hydroxylation sites is 1. The second kappa shape index (κ2) is 10.7. The van der Waals surface area contributed by atoms with Gasteiger partial charge in [-0.25, -0.2) is 0 Å². The Morgan fingerprint density at radius 1 is 1.15 bits per heavy atom. The number of benzene rings is 2. The third kappa shape index (κ3) is 6.56. The Morgan fingerprint density at radius 2 is 1.96 bits per heavy atom. The molecule has 0 saturated carbocycles. The number of rotatable bonds is 7. The zero-order chi connectivity index (χ0) is 19.5. The van der Waals surface area contributed by atoms with E-state index in [1.54, 1.807) is 13.2 Å². The van der Waals surface area contributed by atoms with Crippen LogP contribution in [-0.2, 0) is 4.79 Å². The van der Waals surface area contributed by atoms with Gasteiger partial charge in [-0.3, -0.25) is 4.79 Å². The van der Waals surface area contributed by atoms with E-state index in [1.807, 2.05) is 56.3 Å². The smallest absolute Gasteiger partial charge is 0.248 e. The summed E-state index contributed by atoms with van der Waals surface area (Å²) < 4.78 is 11.1. The zero-order valence-corrected chi connectivity index (χ0v) is 16.0. The van der Waals surface area contributed by atoms with Crippen LogP contribution in [0.4, 0.5) is 5.69 Å². The number of amides is 1. The van der Waals surface area contributed by atoms with Crippen LogP contribution >= 0.6 is 0 Å². The third-order valence-corrected chi connectivity index (χ3v) is 3.80. The molecule has 0 fully saturated rings. The van der Waals surface area contributed by atoms with Crippen LogP contribution in [-0.4, -0.2) is 19.6 Å². The Hall–Kier alpha value is -3.19. The van der Waals surface area contributed by atoms with E-state index < -0.39 is 0 Å². The van der Waals surface area contributed by atoms with Crippen LogP contribution < -0.4 is 14.8 Å². The van der Waals surface area contributed by atoms with E-state index in [9.17, 15) is 4.79 Å². The van der Waals surface area contributed by atoms with E-state index >= 15 is 0 Å². The van der Waals surface area contributed by atoms with E-state index in [0.29, 0.717) is 24.5 Å². The average molecular weight is 363 g/mol. The number of carbonyl (C=O) groups is 1. The Bertz CT molecular complexity index is 859. The van der Waals surface area contributed by atoms with E-state index in [-0.39, 0.29) is 5.91 Å². The fraction of sp³-hybridized carbons (Fsp3) is 0.261. The molecule has 1 amide bonds. The first kappa shape index (κ1) is 20.1. The molecule has 0 bridgehead atoms. The zero-order valence-electron chi connectivity index (χ0n) is 16.0. The monoisotopic (exact) mass is 363 g/mol. The molecule has 0 saturated heterocycles. The van der Waals surface area contributed by atoms with Crippen molar-refractivity contribution in [3.8, 4) is 23.3 Å². The maximum atomic E-state index is 12.1. The van der Waals surface area contributed by atoms with Crippen LogP contribution in [0.2, 0.25) is 0 Å². The van der Waals surface area contributed by atoms with Crippen LogP contribution in [0.15, 0.2) is 48.5 Å². The van der Waals surface area contributed by atoms with Gasteiger partial charge in [0.25, 0.3) is 0 Å². The second-order valence-corrected chi connectivity index (χ2v) is 5.85. The van der Waals surface area contributed by atoms with Crippen molar-refractivity contribution in [1.29, 1.82) is 0 Å². The number of hydrogen-bond donors (Lipinski definition) is 1. The first-order valence-corrected chi connectivity index (χ1v) is 8.95. The Kier molecular flexibility index (Phi) is 7.99. The Labute approximate surface area is 161 Å². The lowest BCUT2D eigenvalue weighted by molar-refractivity contribution is -0.111. The molecule has 0 aliphatic rings. The van der Waals surface area contributed by atoms with Crippen LogP contribution in [0.25, 0.3) is 6.08 Å². The molecule has 140 valence electrons. The normalized spacial score (nSPS) is 10.2. The summed E-state index contributed by atoms with van der Waals surface area (Å²) in [6.45, 7) is 4.48. The second-order valence-electron chi connectivity index (χ2n) is 5.85. The minimum absolute atomic E-state index is 0.182. The lowest BCUT2D eigenvalue weighted by Gasteiger charge is -2.10. The summed E-state index contributed by atoms with van der Waals surface area (Å²) in [5.74, 6) is 7.16. The van der Waals surface area contributed by atoms with Crippen LogP contribution in [0.5, 0.6) is 11.5 Å². The van der Waals surface area contributed by atoms with Crippen molar-refractivity contribution in [3.63, 3.8) is 0 Å². The summed E-state index contributed by atoms with van der Waals surface area (Å²) in [6.07, 6.45) is 4.77. The van der Waals surface area contributed by atoms with Crippen molar-refractivity contribution >= 4 is 17.7 Å². The maximum Gasteiger partial charge on any atom is 0.248 e. The number of aryl methyl sites for hydroxylation is 1. The van der Waals surface area contributed by atoms with Gasteiger partial charge in [-0.2, -0.15) is 0 Å². The van der Waals surface area contributed by atoms with Gasteiger partial charge in [0.2, 0.25) is 5.91 Å². The third-order valence-electron chi connectivity index (χ3n) is 3.80. The number of anilines is 1. The van der Waals surface area contributed by atoms with Crippen LogP contribution in [0, 0.1) is 18.8 Å². The molecule has 0 heterocycles. The van der Waals surface area contributed by atoms with E-state index in [1.165, 1.54) is 6.08 Å². The van der Waals surface area contributed by atoms with Gasteiger partial charge in [0.1, 0.15) is 0 Å². The van der Waals surface area contributed by atoms with Crippen LogP contribution in [0.3, 0.4) is 0 Å². The molecule has 0 aromatic heterocycles. The molecule has 2 rings (SSSR count). The number of hydrogen-bond acceptors (Lipinski definition) is 3. The van der Waals surface area contributed by atoms with Gasteiger partial charge in [-0.05, 0) is 42.3 Å². The molecular formula is C23H25NO3. The SMILES string of the molecule is CCC#CCCOc1ccc(/C=C/C(=O)Nc2ccccc2C)cc1OC. The van der Waals surface area contributed by atoms with Crippen molar-refractivity contribution in [2.75, 3.05) is 19.0 Å². The maximum absolute atomic E-state index is 12.1. The predicted octanol–water partition coefficient (Wildman–Crippen LogP) is 4.84. The lowest BCUT2D eigenvalue weighted by Crippen LogP contribution is -2.08. The summed E-state index contributed by atoms with van der Waals surface area (Å²) >= 11 is 0. The highest BCUT2D eigenvalue weighted by Crippen LogP contribution is 2.28. The molecule has 0 aliphatic carbocycles. The van der Waals surface area contributed by atoms with Crippen molar-refractivity contribution in [2.45, 2.75) is 26.7 Å². The molecule has 1 N–H and O–H groups in total. The van der Waals surface area contributed by atoms with Gasteiger partial charge in [0.15, 0.2) is 11.5 Å². The standard InChI is InChI=1S/C23H25NO3/c1-4-5-6-9-16-27-21-14-12-19(17-22(21)26-3)13-15-23(25)24-20-11-8-7-10-18(20)2/h7-8,10-15,17H,4,9,16H2,1-3H3,(H,24,25)/b15-13+. The largest absolute Gasteiger partial charge is 0.493 e. The van der Waals surface area contributed by atoms with Gasteiger partial charge >= 0.3 is 0 Å². The fourth-order valence-corrected chi connectivity index (χ4v) is 2.39. The number of ether oxygens (including phenoxy) is 2. The van der Waals surface area contributed by atoms with Crippen LogP contribution in [0.1, 0.15) is 30.9 Å². The Balaban J connectivity index is 1.98. The molecule has 4 heteroatoms. The molecule has 27 heavy (non-hydrogen) atoms. The first-order chi connectivity index (χ1) is 13.1. The summed E-state index contributed by atoms with van der Waals surface area (Å²) in [5, 5.41) is 2.87. The molecule has 2 aromatic rings. The average Bonchev–Trinajstić information content (AvgIpc) is 2.68. The summed E-state index contributed by atoms with van der Waals surface area (Å²) in [5.41, 5.74) is 2.68. The predicted molar refractivity (Wildman–Crippen MR) is 110 cm³/mol. The summed E-state index contributed by atoms with van der Waals surface area (Å²) in [6, 6.07) is 13.2. The Morgan fingerprint density at radius 3 is 2.70 bits per heavy atom. The molecule has 0 aliphatic heterocycles. The van der Waals surface area contributed by atoms with E-state index in [0.717, 1.165) is 23.2 Å². The van der Waals surface area contributed by atoms with Gasteiger partial charge in [-0.1, -0.05) is 37.1 Å².